The molecule has 0 unspecified atom stereocenters. The van der Waals surface area contributed by atoms with Gasteiger partial charge in [0.25, 0.3) is 0 Å². The first-order valence-corrected chi connectivity index (χ1v) is 7.70. The van der Waals surface area contributed by atoms with E-state index >= 15 is 0 Å². The van der Waals surface area contributed by atoms with Crippen molar-refractivity contribution in [1.82, 2.24) is 15.2 Å². The van der Waals surface area contributed by atoms with Crippen LogP contribution in [0.5, 0.6) is 0 Å². The number of amides is 1. The van der Waals surface area contributed by atoms with Gasteiger partial charge in [-0.15, -0.1) is 0 Å². The van der Waals surface area contributed by atoms with Gasteiger partial charge >= 0.3 is 6.09 Å². The number of hydrogen-bond acceptors (Lipinski definition) is 3. The molecule has 1 amide bonds. The molecule has 2 rings (SSSR count). The fourth-order valence-electron chi connectivity index (χ4n) is 2.56. The lowest BCUT2D eigenvalue weighted by Gasteiger charge is -2.24. The van der Waals surface area contributed by atoms with Crippen LogP contribution < -0.4 is 5.32 Å². The molecule has 2 heterocycles. The van der Waals surface area contributed by atoms with Crippen molar-refractivity contribution in [2.75, 3.05) is 19.6 Å². The van der Waals surface area contributed by atoms with Crippen LogP contribution in [0.1, 0.15) is 45.9 Å². The number of hydrogen-bond donors (Lipinski definition) is 2. The first-order chi connectivity index (χ1) is 9.85. The van der Waals surface area contributed by atoms with Gasteiger partial charge in [-0.1, -0.05) is 0 Å². The predicted molar refractivity (Wildman–Crippen MR) is 83.1 cm³/mol. The minimum Gasteiger partial charge on any atom is -0.444 e. The smallest absolute Gasteiger partial charge is 0.410 e. The van der Waals surface area contributed by atoms with Crippen molar-refractivity contribution < 1.29 is 9.53 Å². The van der Waals surface area contributed by atoms with E-state index in [0.29, 0.717) is 12.0 Å². The van der Waals surface area contributed by atoms with Gasteiger partial charge in [0, 0.05) is 37.6 Å². The highest BCUT2D eigenvalue weighted by Gasteiger charge is 2.29. The van der Waals surface area contributed by atoms with Gasteiger partial charge in [0.2, 0.25) is 0 Å². The Labute approximate surface area is 127 Å². The van der Waals surface area contributed by atoms with Gasteiger partial charge in [-0.3, -0.25) is 0 Å². The number of carbonyl (C=O) groups is 1. The molecule has 118 valence electrons. The molecule has 1 saturated heterocycles. The molecule has 1 aliphatic heterocycles. The summed E-state index contributed by atoms with van der Waals surface area (Å²) in [6, 6.07) is 4.39. The Bertz CT molecular complexity index is 451. The highest BCUT2D eigenvalue weighted by atomic mass is 16.6. The molecule has 0 aromatic carbocycles. The van der Waals surface area contributed by atoms with Crippen LogP contribution in [0.4, 0.5) is 4.79 Å². The van der Waals surface area contributed by atoms with Crippen molar-refractivity contribution in [2.24, 2.45) is 5.92 Å². The van der Waals surface area contributed by atoms with E-state index in [-0.39, 0.29) is 6.09 Å². The third kappa shape index (κ3) is 4.77. The molecule has 21 heavy (non-hydrogen) atoms. The van der Waals surface area contributed by atoms with Gasteiger partial charge in [0.15, 0.2) is 0 Å². The first kappa shape index (κ1) is 15.9. The molecule has 5 heteroatoms. The molecule has 0 radical (unpaired) electrons. The Hall–Kier alpha value is -1.49. The normalized spacial score (nSPS) is 20.6. The van der Waals surface area contributed by atoms with Crippen LogP contribution in [0.3, 0.4) is 0 Å². The van der Waals surface area contributed by atoms with Gasteiger partial charge in [-0.05, 0) is 52.2 Å². The molecular formula is C16H27N3O2. The first-order valence-electron chi connectivity index (χ1n) is 7.70. The SMILES string of the molecule is C[C@@H](NC[C@H]1CCN(C(=O)OC(C)(C)C)C1)c1ccc[nH]1. The zero-order valence-corrected chi connectivity index (χ0v) is 13.5. The van der Waals surface area contributed by atoms with E-state index < -0.39 is 5.60 Å². The Balaban J connectivity index is 1.74. The number of likely N-dealkylation sites (tertiary alicyclic amines) is 1. The number of carbonyl (C=O) groups excluding carboxylic acids is 1. The van der Waals surface area contributed by atoms with Gasteiger partial charge in [0.1, 0.15) is 5.60 Å². The molecule has 0 bridgehead atoms. The summed E-state index contributed by atoms with van der Waals surface area (Å²) in [5.41, 5.74) is 0.771. The lowest BCUT2D eigenvalue weighted by Crippen LogP contribution is -2.36. The monoisotopic (exact) mass is 293 g/mol. The zero-order valence-electron chi connectivity index (χ0n) is 13.5. The fraction of sp³-hybridized carbons (Fsp3) is 0.688. The number of rotatable bonds is 4. The van der Waals surface area contributed by atoms with Crippen molar-refractivity contribution in [3.05, 3.63) is 24.0 Å². The summed E-state index contributed by atoms with van der Waals surface area (Å²) in [6.07, 6.45) is 2.78. The Morgan fingerprint density at radius 3 is 2.95 bits per heavy atom. The summed E-state index contributed by atoms with van der Waals surface area (Å²) in [6.45, 7) is 10.3. The maximum absolute atomic E-state index is 12.0. The highest BCUT2D eigenvalue weighted by Crippen LogP contribution is 2.20. The summed E-state index contributed by atoms with van der Waals surface area (Å²) in [7, 11) is 0. The van der Waals surface area contributed by atoms with E-state index in [2.05, 4.69) is 23.3 Å². The quantitative estimate of drug-likeness (QED) is 0.897. The molecule has 0 saturated carbocycles. The molecular weight excluding hydrogens is 266 g/mol. The fourth-order valence-corrected chi connectivity index (χ4v) is 2.56. The molecule has 1 aromatic heterocycles. The van der Waals surface area contributed by atoms with Crippen LogP contribution in [0.25, 0.3) is 0 Å². The van der Waals surface area contributed by atoms with E-state index in [4.69, 9.17) is 4.74 Å². The largest absolute Gasteiger partial charge is 0.444 e. The highest BCUT2D eigenvalue weighted by molar-refractivity contribution is 5.68. The lowest BCUT2D eigenvalue weighted by atomic mass is 10.1. The Morgan fingerprint density at radius 2 is 2.33 bits per heavy atom. The zero-order chi connectivity index (χ0) is 15.5. The van der Waals surface area contributed by atoms with Crippen LogP contribution in [0, 0.1) is 5.92 Å². The van der Waals surface area contributed by atoms with Crippen LogP contribution in [0.15, 0.2) is 18.3 Å². The second-order valence-corrected chi connectivity index (χ2v) is 6.84. The van der Waals surface area contributed by atoms with Crippen molar-refractivity contribution in [1.29, 1.82) is 0 Å². The number of ether oxygens (including phenoxy) is 1. The average molecular weight is 293 g/mol. The second kappa shape index (κ2) is 6.52. The van der Waals surface area contributed by atoms with Crippen molar-refractivity contribution >= 4 is 6.09 Å². The third-order valence-electron chi connectivity index (χ3n) is 3.74. The number of H-pyrrole nitrogens is 1. The molecule has 0 aliphatic carbocycles. The number of nitrogens with zero attached hydrogens (tertiary/aromatic N) is 1. The number of aromatic nitrogens is 1. The van der Waals surface area contributed by atoms with Crippen LogP contribution in [-0.4, -0.2) is 41.2 Å². The predicted octanol–water partition coefficient (Wildman–Crippen LogP) is 2.92. The Morgan fingerprint density at radius 1 is 1.57 bits per heavy atom. The van der Waals surface area contributed by atoms with E-state index in [1.165, 1.54) is 5.69 Å². The Kier molecular flexibility index (Phi) is 4.93. The molecule has 1 aromatic rings. The van der Waals surface area contributed by atoms with E-state index in [9.17, 15) is 4.79 Å². The van der Waals surface area contributed by atoms with E-state index in [1.807, 2.05) is 37.9 Å². The minimum absolute atomic E-state index is 0.192. The standard InChI is InChI=1S/C16H27N3O2/c1-12(14-6-5-8-17-14)18-10-13-7-9-19(11-13)15(20)21-16(2,3)4/h5-6,8,12-13,17-18H,7,9-11H2,1-4H3/t12-,13-/m1/s1. The maximum atomic E-state index is 12.0. The van der Waals surface area contributed by atoms with Crippen LogP contribution >= 0.6 is 0 Å². The van der Waals surface area contributed by atoms with Crippen molar-refractivity contribution in [3.8, 4) is 0 Å². The lowest BCUT2D eigenvalue weighted by molar-refractivity contribution is 0.0288. The maximum Gasteiger partial charge on any atom is 0.410 e. The van der Waals surface area contributed by atoms with Crippen LogP contribution in [0.2, 0.25) is 0 Å². The third-order valence-corrected chi connectivity index (χ3v) is 3.74. The number of nitrogens with one attached hydrogen (secondary N) is 2. The molecule has 2 atom stereocenters. The van der Waals surface area contributed by atoms with Crippen molar-refractivity contribution in [3.63, 3.8) is 0 Å². The second-order valence-electron chi connectivity index (χ2n) is 6.84. The van der Waals surface area contributed by atoms with Crippen LogP contribution in [-0.2, 0) is 4.74 Å². The molecule has 0 spiro atoms. The van der Waals surface area contributed by atoms with Gasteiger partial charge in [-0.2, -0.15) is 0 Å². The van der Waals surface area contributed by atoms with E-state index in [1.54, 1.807) is 0 Å². The molecule has 1 fully saturated rings. The van der Waals surface area contributed by atoms with Gasteiger partial charge in [-0.25, -0.2) is 4.79 Å². The number of aromatic amines is 1. The topological polar surface area (TPSA) is 57.4 Å². The summed E-state index contributed by atoms with van der Waals surface area (Å²) >= 11 is 0. The van der Waals surface area contributed by atoms with Crippen molar-refractivity contribution in [2.45, 2.75) is 45.8 Å². The average Bonchev–Trinajstić information content (AvgIpc) is 3.05. The summed E-state index contributed by atoms with van der Waals surface area (Å²) in [5, 5.41) is 3.52. The van der Waals surface area contributed by atoms with Gasteiger partial charge < -0.3 is 19.9 Å². The van der Waals surface area contributed by atoms with Gasteiger partial charge in [0.05, 0.1) is 0 Å². The minimum atomic E-state index is -0.421. The molecule has 1 aliphatic rings. The summed E-state index contributed by atoms with van der Waals surface area (Å²) in [5.74, 6) is 0.495. The molecule has 5 nitrogen and oxygen atoms in total. The molecule has 2 N–H and O–H groups in total. The summed E-state index contributed by atoms with van der Waals surface area (Å²) in [4.78, 5) is 17.0. The van der Waals surface area contributed by atoms with E-state index in [0.717, 1.165) is 26.1 Å². The summed E-state index contributed by atoms with van der Waals surface area (Å²) < 4.78 is 5.42.